The van der Waals surface area contributed by atoms with E-state index in [-0.39, 0.29) is 24.9 Å². The molecular weight excluding hydrogens is 252 g/mol. The summed E-state index contributed by atoms with van der Waals surface area (Å²) in [6.45, 7) is 3.58. The van der Waals surface area contributed by atoms with Crippen LogP contribution in [0.15, 0.2) is 17.5 Å². The van der Waals surface area contributed by atoms with E-state index >= 15 is 0 Å². The molecule has 2 amide bonds. The van der Waals surface area contributed by atoms with Crippen molar-refractivity contribution < 1.29 is 14.7 Å². The van der Waals surface area contributed by atoms with Crippen molar-refractivity contribution in [2.24, 2.45) is 0 Å². The third kappa shape index (κ3) is 4.85. The molecule has 0 aliphatic heterocycles. The number of aliphatic hydroxyl groups is 1. The number of hydrogen-bond acceptors (Lipinski definition) is 4. The van der Waals surface area contributed by atoms with Crippen LogP contribution < -0.4 is 10.6 Å². The highest BCUT2D eigenvalue weighted by molar-refractivity contribution is 7.12. The molecule has 1 unspecified atom stereocenters. The zero-order valence-electron chi connectivity index (χ0n) is 10.5. The molecule has 18 heavy (non-hydrogen) atoms. The van der Waals surface area contributed by atoms with Crippen LogP contribution in [0.2, 0.25) is 0 Å². The number of carbonyl (C=O) groups is 2. The molecule has 0 aromatic carbocycles. The molecule has 1 aromatic heterocycles. The van der Waals surface area contributed by atoms with E-state index in [2.05, 4.69) is 10.6 Å². The Kier molecular flexibility index (Phi) is 5.30. The lowest BCUT2D eigenvalue weighted by Crippen LogP contribution is -2.44. The van der Waals surface area contributed by atoms with Crippen molar-refractivity contribution >= 4 is 23.2 Å². The molecule has 100 valence electrons. The maximum absolute atomic E-state index is 11.5. The van der Waals surface area contributed by atoms with Gasteiger partial charge in [0, 0.05) is 6.54 Å². The Balaban J connectivity index is 2.28. The Morgan fingerprint density at radius 2 is 2.17 bits per heavy atom. The van der Waals surface area contributed by atoms with Crippen LogP contribution in [0.25, 0.3) is 0 Å². The molecule has 1 atom stereocenters. The highest BCUT2D eigenvalue weighted by Crippen LogP contribution is 2.07. The smallest absolute Gasteiger partial charge is 0.261 e. The second-order valence-corrected chi connectivity index (χ2v) is 5.23. The lowest BCUT2D eigenvalue weighted by molar-refractivity contribution is -0.121. The Hall–Kier alpha value is -1.40. The number of nitrogens with one attached hydrogen (secondary N) is 2. The molecule has 1 heterocycles. The average Bonchev–Trinajstić information content (AvgIpc) is 2.87. The monoisotopic (exact) mass is 270 g/mol. The normalized spacial score (nSPS) is 13.7. The number of hydrogen-bond donors (Lipinski definition) is 3. The minimum Gasteiger partial charge on any atom is -0.388 e. The van der Waals surface area contributed by atoms with Crippen LogP contribution in [0.1, 0.15) is 29.9 Å². The molecule has 0 aliphatic carbocycles. The molecule has 1 rings (SSSR count). The molecule has 0 radical (unpaired) electrons. The van der Waals surface area contributed by atoms with E-state index in [0.717, 1.165) is 0 Å². The van der Waals surface area contributed by atoms with Gasteiger partial charge in [0.15, 0.2) is 0 Å². The predicted molar refractivity (Wildman–Crippen MR) is 70.6 cm³/mol. The van der Waals surface area contributed by atoms with E-state index in [9.17, 15) is 14.7 Å². The maximum Gasteiger partial charge on any atom is 0.261 e. The van der Waals surface area contributed by atoms with Crippen molar-refractivity contribution in [1.82, 2.24) is 10.6 Å². The van der Waals surface area contributed by atoms with Crippen LogP contribution in [-0.2, 0) is 4.79 Å². The van der Waals surface area contributed by atoms with Crippen LogP contribution in [0, 0.1) is 0 Å². The van der Waals surface area contributed by atoms with Crippen molar-refractivity contribution in [1.29, 1.82) is 0 Å². The molecule has 0 saturated carbocycles. The van der Waals surface area contributed by atoms with E-state index in [1.165, 1.54) is 11.3 Å². The summed E-state index contributed by atoms with van der Waals surface area (Å²) in [5.41, 5.74) is -0.909. The van der Waals surface area contributed by atoms with Crippen LogP contribution in [-0.4, -0.2) is 35.6 Å². The molecule has 1 aromatic rings. The van der Waals surface area contributed by atoms with Crippen LogP contribution in [0.3, 0.4) is 0 Å². The third-order valence-electron chi connectivity index (χ3n) is 2.58. The summed E-state index contributed by atoms with van der Waals surface area (Å²) in [6.07, 6.45) is 0.550. The van der Waals surface area contributed by atoms with Crippen LogP contribution in [0.4, 0.5) is 0 Å². The zero-order chi connectivity index (χ0) is 13.6. The quantitative estimate of drug-likeness (QED) is 0.714. The minimum atomic E-state index is -0.909. The second-order valence-electron chi connectivity index (χ2n) is 4.29. The fraction of sp³-hybridized carbons (Fsp3) is 0.500. The van der Waals surface area contributed by atoms with Crippen molar-refractivity contribution in [3.05, 3.63) is 22.4 Å². The number of amides is 2. The number of thiophene rings is 1. The van der Waals surface area contributed by atoms with Crippen molar-refractivity contribution in [2.75, 3.05) is 13.1 Å². The first-order chi connectivity index (χ1) is 8.44. The fourth-order valence-electron chi connectivity index (χ4n) is 1.13. The van der Waals surface area contributed by atoms with Crippen molar-refractivity contribution in [3.8, 4) is 0 Å². The van der Waals surface area contributed by atoms with E-state index < -0.39 is 5.60 Å². The van der Waals surface area contributed by atoms with Gasteiger partial charge in [0.1, 0.15) is 0 Å². The first kappa shape index (κ1) is 14.7. The summed E-state index contributed by atoms with van der Waals surface area (Å²) >= 11 is 1.32. The van der Waals surface area contributed by atoms with Gasteiger partial charge in [-0.2, -0.15) is 0 Å². The summed E-state index contributed by atoms with van der Waals surface area (Å²) in [6, 6.07) is 3.47. The largest absolute Gasteiger partial charge is 0.388 e. The van der Waals surface area contributed by atoms with Gasteiger partial charge in [-0.15, -0.1) is 11.3 Å². The highest BCUT2D eigenvalue weighted by Gasteiger charge is 2.18. The molecule has 3 N–H and O–H groups in total. The molecule has 0 spiro atoms. The number of rotatable bonds is 6. The Morgan fingerprint density at radius 3 is 2.72 bits per heavy atom. The lowest BCUT2D eigenvalue weighted by atomic mass is 10.0. The molecule has 0 aliphatic rings. The Bertz CT molecular complexity index is 401. The second kappa shape index (κ2) is 6.51. The topological polar surface area (TPSA) is 78.4 Å². The lowest BCUT2D eigenvalue weighted by Gasteiger charge is -2.21. The summed E-state index contributed by atoms with van der Waals surface area (Å²) in [5.74, 6) is -0.573. The van der Waals surface area contributed by atoms with Gasteiger partial charge in [0.2, 0.25) is 5.91 Å². The Labute approximate surface area is 110 Å². The van der Waals surface area contributed by atoms with E-state index in [0.29, 0.717) is 11.3 Å². The summed E-state index contributed by atoms with van der Waals surface area (Å²) in [4.78, 5) is 23.6. The molecule has 0 bridgehead atoms. The standard InChI is InChI=1S/C12H18N2O3S/c1-3-12(2,17)8-14-10(15)7-13-11(16)9-5-4-6-18-9/h4-6,17H,3,7-8H2,1-2H3,(H,13,16)(H,14,15). The Morgan fingerprint density at radius 1 is 1.44 bits per heavy atom. The summed E-state index contributed by atoms with van der Waals surface area (Å²) < 4.78 is 0. The summed E-state index contributed by atoms with van der Waals surface area (Å²) in [5, 5.41) is 16.6. The predicted octanol–water partition coefficient (Wildman–Crippen LogP) is 0.755. The molecule has 5 nitrogen and oxygen atoms in total. The SMILES string of the molecule is CCC(C)(O)CNC(=O)CNC(=O)c1cccs1. The van der Waals surface area contributed by atoms with Gasteiger partial charge in [0.25, 0.3) is 5.91 Å². The third-order valence-corrected chi connectivity index (χ3v) is 3.45. The van der Waals surface area contributed by atoms with Crippen LogP contribution >= 0.6 is 11.3 Å². The van der Waals surface area contributed by atoms with Gasteiger partial charge in [-0.1, -0.05) is 13.0 Å². The highest BCUT2D eigenvalue weighted by atomic mass is 32.1. The summed E-state index contributed by atoms with van der Waals surface area (Å²) in [7, 11) is 0. The van der Waals surface area contributed by atoms with E-state index in [1.54, 1.807) is 24.4 Å². The van der Waals surface area contributed by atoms with Gasteiger partial charge in [-0.25, -0.2) is 0 Å². The van der Waals surface area contributed by atoms with Crippen molar-refractivity contribution in [2.45, 2.75) is 25.9 Å². The van der Waals surface area contributed by atoms with E-state index in [4.69, 9.17) is 0 Å². The van der Waals surface area contributed by atoms with Gasteiger partial charge in [-0.3, -0.25) is 9.59 Å². The molecule has 6 heteroatoms. The van der Waals surface area contributed by atoms with E-state index in [1.807, 2.05) is 6.92 Å². The van der Waals surface area contributed by atoms with Crippen molar-refractivity contribution in [3.63, 3.8) is 0 Å². The molecule has 0 saturated heterocycles. The van der Waals surface area contributed by atoms with Crippen LogP contribution in [0.5, 0.6) is 0 Å². The van der Waals surface area contributed by atoms with Gasteiger partial charge < -0.3 is 15.7 Å². The molecule has 0 fully saturated rings. The zero-order valence-corrected chi connectivity index (χ0v) is 11.3. The minimum absolute atomic E-state index is 0.0868. The fourth-order valence-corrected chi connectivity index (χ4v) is 1.77. The van der Waals surface area contributed by atoms with Gasteiger partial charge in [-0.05, 0) is 24.8 Å². The molecular formula is C12H18N2O3S. The first-order valence-corrected chi connectivity index (χ1v) is 6.63. The average molecular weight is 270 g/mol. The number of carbonyl (C=O) groups excluding carboxylic acids is 2. The van der Waals surface area contributed by atoms with Gasteiger partial charge in [0.05, 0.1) is 17.0 Å². The first-order valence-electron chi connectivity index (χ1n) is 5.75. The van der Waals surface area contributed by atoms with Gasteiger partial charge >= 0.3 is 0 Å². The maximum atomic E-state index is 11.5.